The molecule has 4 aliphatic carbocycles. The number of esters is 2. The van der Waals surface area contributed by atoms with E-state index in [0.29, 0.717) is 18.4 Å². The first-order valence-corrected chi connectivity index (χ1v) is 12.9. The van der Waals surface area contributed by atoms with Crippen LogP contribution in [0, 0.1) is 34.0 Å². The fourth-order valence-corrected chi connectivity index (χ4v) is 10.6. The molecule has 6 fully saturated rings. The maximum Gasteiger partial charge on any atom is 0.335 e. The molecule has 2 aliphatic heterocycles. The molecule has 3 heterocycles. The van der Waals surface area contributed by atoms with Gasteiger partial charge in [0.05, 0.1) is 37.6 Å². The molecule has 0 aromatic carbocycles. The Morgan fingerprint density at radius 1 is 1.24 bits per heavy atom. The third kappa shape index (κ3) is 2.11. The summed E-state index contributed by atoms with van der Waals surface area (Å²) in [5, 5.41) is 35.2. The Balaban J connectivity index is 1.45. The van der Waals surface area contributed by atoms with Crippen LogP contribution in [-0.2, 0) is 28.6 Å². The van der Waals surface area contributed by atoms with Crippen molar-refractivity contribution in [1.29, 1.82) is 0 Å². The minimum Gasteiger partial charge on any atom is -0.472 e. The van der Waals surface area contributed by atoms with E-state index < -0.39 is 86.8 Å². The summed E-state index contributed by atoms with van der Waals surface area (Å²) >= 11 is 0. The average molecular weight is 517 g/mol. The van der Waals surface area contributed by atoms with Gasteiger partial charge in [-0.3, -0.25) is 9.59 Å². The lowest BCUT2D eigenvalue weighted by molar-refractivity contribution is -0.185. The fraction of sp³-hybridized carbons (Fsp3) is 0.741. The van der Waals surface area contributed by atoms with Crippen LogP contribution >= 0.6 is 0 Å². The summed E-state index contributed by atoms with van der Waals surface area (Å²) in [6.45, 7) is 5.44. The van der Waals surface area contributed by atoms with Crippen LogP contribution < -0.4 is 0 Å². The van der Waals surface area contributed by atoms with E-state index in [1.165, 1.54) is 19.6 Å². The molecule has 2 spiro atoms. The topological polar surface area (TPSA) is 156 Å². The molecule has 2 bridgehead atoms. The van der Waals surface area contributed by atoms with Crippen molar-refractivity contribution in [3.8, 4) is 0 Å². The van der Waals surface area contributed by atoms with Gasteiger partial charge in [-0.2, -0.15) is 0 Å². The van der Waals surface area contributed by atoms with Crippen molar-refractivity contribution >= 4 is 17.7 Å². The highest BCUT2D eigenvalue weighted by Gasteiger charge is 2.99. The van der Waals surface area contributed by atoms with Gasteiger partial charge in [0.25, 0.3) is 0 Å². The summed E-state index contributed by atoms with van der Waals surface area (Å²) in [5.41, 5.74) is -6.52. The molecule has 12 atom stereocenters. The van der Waals surface area contributed by atoms with Gasteiger partial charge >= 0.3 is 11.9 Å². The molecule has 1 aromatic heterocycles. The zero-order valence-corrected chi connectivity index (χ0v) is 21.2. The van der Waals surface area contributed by atoms with Crippen LogP contribution in [0.5, 0.6) is 0 Å². The Morgan fingerprint density at radius 2 is 1.97 bits per heavy atom. The Morgan fingerprint density at radius 3 is 2.62 bits per heavy atom. The van der Waals surface area contributed by atoms with Crippen LogP contribution in [0.2, 0.25) is 0 Å². The van der Waals surface area contributed by atoms with Crippen LogP contribution in [-0.4, -0.2) is 69.2 Å². The van der Waals surface area contributed by atoms with E-state index >= 15 is 0 Å². The van der Waals surface area contributed by atoms with Gasteiger partial charge in [0.2, 0.25) is 0 Å². The van der Waals surface area contributed by atoms with Crippen molar-refractivity contribution in [2.45, 2.75) is 81.6 Å². The summed E-state index contributed by atoms with van der Waals surface area (Å²) < 4.78 is 22.7. The maximum atomic E-state index is 14.0. The lowest BCUT2D eigenvalue weighted by Crippen LogP contribution is -2.64. The van der Waals surface area contributed by atoms with E-state index in [2.05, 4.69) is 0 Å². The normalized spacial score (nSPS) is 55.6. The van der Waals surface area contributed by atoms with Gasteiger partial charge in [-0.15, -0.1) is 0 Å². The number of carbonyl (C=O) groups is 3. The highest BCUT2D eigenvalue weighted by molar-refractivity contribution is 5.93. The number of carbonyl (C=O) groups excluding carboxylic acids is 3. The van der Waals surface area contributed by atoms with Gasteiger partial charge in [0.15, 0.2) is 11.9 Å². The average Bonchev–Trinajstić information content (AvgIpc) is 3.11. The number of methoxy groups -OCH3 is 1. The number of ether oxygens (including phenoxy) is 3. The first kappa shape index (κ1) is 23.8. The number of ketones is 1. The summed E-state index contributed by atoms with van der Waals surface area (Å²) in [6, 6.07) is 1.74. The van der Waals surface area contributed by atoms with Crippen molar-refractivity contribution in [2.24, 2.45) is 34.0 Å². The molecule has 200 valence electrons. The third-order valence-corrected chi connectivity index (χ3v) is 11.9. The van der Waals surface area contributed by atoms with Gasteiger partial charge in [-0.05, 0) is 25.3 Å². The van der Waals surface area contributed by atoms with Crippen LogP contribution in [0.4, 0.5) is 0 Å². The second-order valence-corrected chi connectivity index (χ2v) is 12.9. The Labute approximate surface area is 213 Å². The second-order valence-electron chi connectivity index (χ2n) is 12.9. The van der Waals surface area contributed by atoms with Gasteiger partial charge in [-0.25, -0.2) is 4.79 Å². The predicted octanol–water partition coefficient (Wildman–Crippen LogP) is 1.06. The predicted molar refractivity (Wildman–Crippen MR) is 121 cm³/mol. The quantitative estimate of drug-likeness (QED) is 0.392. The Bertz CT molecular complexity index is 1240. The number of aliphatic hydroxyl groups excluding tert-OH is 2. The molecule has 0 amide bonds. The maximum absolute atomic E-state index is 14.0. The van der Waals surface area contributed by atoms with E-state index in [1.54, 1.807) is 19.9 Å². The van der Waals surface area contributed by atoms with E-state index in [9.17, 15) is 29.7 Å². The summed E-state index contributed by atoms with van der Waals surface area (Å²) in [5.74, 6) is -4.48. The largest absolute Gasteiger partial charge is 0.472 e. The van der Waals surface area contributed by atoms with Crippen LogP contribution in [0.15, 0.2) is 23.0 Å². The van der Waals surface area contributed by atoms with Crippen LogP contribution in [0.25, 0.3) is 0 Å². The molecule has 0 radical (unpaired) electrons. The number of cyclic esters (lactones) is 1. The number of Topliss-reactive ketones (excluding diaryl/α,β-unsaturated/α-hetero) is 1. The number of furan rings is 1. The number of fused-ring (bicyclic) bond motifs is 2. The third-order valence-electron chi connectivity index (χ3n) is 11.9. The van der Waals surface area contributed by atoms with Crippen LogP contribution in [0.3, 0.4) is 0 Å². The molecule has 10 heteroatoms. The van der Waals surface area contributed by atoms with Gasteiger partial charge in [0, 0.05) is 33.6 Å². The fourth-order valence-electron chi connectivity index (χ4n) is 10.6. The zero-order valence-electron chi connectivity index (χ0n) is 21.2. The monoisotopic (exact) mass is 516 g/mol. The first-order valence-electron chi connectivity index (χ1n) is 12.9. The molecular weight excluding hydrogens is 484 g/mol. The zero-order chi connectivity index (χ0) is 26.6. The molecule has 4 saturated carbocycles. The van der Waals surface area contributed by atoms with E-state index in [0.717, 1.165) is 0 Å². The number of hydrogen-bond donors (Lipinski definition) is 3. The smallest absolute Gasteiger partial charge is 0.335 e. The van der Waals surface area contributed by atoms with E-state index in [1.807, 2.05) is 6.92 Å². The Hall–Kier alpha value is -2.27. The number of rotatable bonds is 3. The van der Waals surface area contributed by atoms with E-state index in [-0.39, 0.29) is 12.8 Å². The highest BCUT2D eigenvalue weighted by Crippen LogP contribution is 2.88. The van der Waals surface area contributed by atoms with Crippen molar-refractivity contribution in [3.63, 3.8) is 0 Å². The van der Waals surface area contributed by atoms with Crippen LogP contribution in [0.1, 0.15) is 58.1 Å². The number of epoxide rings is 1. The van der Waals surface area contributed by atoms with Crippen molar-refractivity contribution < 1.29 is 48.3 Å². The standard InChI is InChI=1S/C27H32O10/c1-22-11-25(33)18(15(29)19(22)31)27-13(24(25,3)17(22)16(30)21(32)34-4)5-7-23(2)20(12-6-8-35-10-12)36-14(28)9-26(23,27)37-27/h6,8,10,13,16-20,30-31,33H,5,7,9,11H2,1-4H3/t13-,16-,17+,18+,19-,20+,22-,23+,24-,25+,26+,27+/m1/s1. The summed E-state index contributed by atoms with van der Waals surface area (Å²) in [7, 11) is 1.17. The van der Waals surface area contributed by atoms with Gasteiger partial charge in [0.1, 0.15) is 23.4 Å². The van der Waals surface area contributed by atoms with Crippen molar-refractivity contribution in [2.75, 3.05) is 7.11 Å². The molecule has 1 aromatic rings. The molecule has 6 aliphatic rings. The number of hydrogen-bond acceptors (Lipinski definition) is 10. The molecule has 2 saturated heterocycles. The second kappa shape index (κ2) is 6.47. The minimum absolute atomic E-state index is 0.0107. The highest BCUT2D eigenvalue weighted by atomic mass is 16.7. The van der Waals surface area contributed by atoms with Gasteiger partial charge in [-0.1, -0.05) is 20.8 Å². The molecule has 0 unspecified atom stereocenters. The Kier molecular flexibility index (Phi) is 4.17. The molecule has 7 rings (SSSR count). The summed E-state index contributed by atoms with van der Waals surface area (Å²) in [6.07, 6.45) is 0.133. The molecular formula is C27H32O10. The van der Waals surface area contributed by atoms with Gasteiger partial charge < -0.3 is 33.9 Å². The number of aliphatic hydroxyl groups is 3. The van der Waals surface area contributed by atoms with E-state index in [4.69, 9.17) is 18.6 Å². The minimum atomic E-state index is -1.66. The molecule has 10 nitrogen and oxygen atoms in total. The molecule has 3 N–H and O–H groups in total. The lowest BCUT2D eigenvalue weighted by Gasteiger charge is -2.54. The van der Waals surface area contributed by atoms with Crippen molar-refractivity contribution in [3.05, 3.63) is 24.2 Å². The summed E-state index contributed by atoms with van der Waals surface area (Å²) in [4.78, 5) is 39.8. The first-order chi connectivity index (χ1) is 17.3. The SMILES string of the molecule is COC(=O)[C@H](O)[C@H]1[C@@]2(C)C[C@]3(O)[C@H](C(=O)[C@H]2O)[C@]24O[C@]25CC(=O)O[C@@H](c2ccoc2)[C@]5(C)CC[C@@H]4[C@]13C. The lowest BCUT2D eigenvalue weighted by atomic mass is 9.48. The van der Waals surface area contributed by atoms with Crippen molar-refractivity contribution in [1.82, 2.24) is 0 Å². The molecule has 37 heavy (non-hydrogen) atoms.